The topological polar surface area (TPSA) is 78.9 Å². The van der Waals surface area contributed by atoms with Crippen LogP contribution in [0.5, 0.6) is 0 Å². The van der Waals surface area contributed by atoms with E-state index in [2.05, 4.69) is 203 Å². The molecule has 1 unspecified atom stereocenters. The molecule has 0 N–H and O–H groups in total. The molecule has 0 aliphatic carbocycles. The Morgan fingerprint density at radius 1 is 0.256 bits per heavy atom. The monoisotopic (exact) mass is 1130 g/mol. The van der Waals surface area contributed by atoms with Gasteiger partial charge in [0.2, 0.25) is 0 Å². The second kappa shape index (κ2) is 68.0. The summed E-state index contributed by atoms with van der Waals surface area (Å²) in [5.41, 5.74) is 0. The number of esters is 3. The first-order valence-electron chi connectivity index (χ1n) is 32.8. The lowest BCUT2D eigenvalue weighted by Crippen LogP contribution is -2.30. The molecule has 6 nitrogen and oxygen atoms in total. The lowest BCUT2D eigenvalue weighted by molar-refractivity contribution is -0.167. The summed E-state index contributed by atoms with van der Waals surface area (Å²) >= 11 is 0. The van der Waals surface area contributed by atoms with Gasteiger partial charge in [-0.25, -0.2) is 0 Å². The number of carbonyl (C=O) groups is 3. The van der Waals surface area contributed by atoms with Crippen LogP contribution in [0.15, 0.2) is 182 Å². The molecule has 0 spiro atoms. The average molecular weight is 1130 g/mol. The zero-order valence-electron chi connectivity index (χ0n) is 52.4. The van der Waals surface area contributed by atoms with Crippen LogP contribution in [0.2, 0.25) is 0 Å². The van der Waals surface area contributed by atoms with Gasteiger partial charge in [0.25, 0.3) is 0 Å². The number of unbranched alkanes of at least 4 members (excludes halogenated alkanes) is 16. The van der Waals surface area contributed by atoms with Crippen molar-refractivity contribution in [3.05, 3.63) is 182 Å². The molecule has 0 rings (SSSR count). The fraction of sp³-hybridized carbons (Fsp3) is 0.566. The van der Waals surface area contributed by atoms with Crippen molar-refractivity contribution in [2.45, 2.75) is 264 Å². The third kappa shape index (κ3) is 65.3. The first kappa shape index (κ1) is 76.5. The van der Waals surface area contributed by atoms with E-state index in [1.807, 2.05) is 0 Å². The summed E-state index contributed by atoms with van der Waals surface area (Å²) in [6.45, 7) is 6.32. The molecule has 1 atom stereocenters. The van der Waals surface area contributed by atoms with Crippen molar-refractivity contribution in [1.82, 2.24) is 0 Å². The summed E-state index contributed by atoms with van der Waals surface area (Å²) in [6, 6.07) is 0. The van der Waals surface area contributed by atoms with E-state index in [4.69, 9.17) is 14.2 Å². The minimum Gasteiger partial charge on any atom is -0.462 e. The molecule has 0 saturated heterocycles. The van der Waals surface area contributed by atoms with Gasteiger partial charge < -0.3 is 14.2 Å². The molecule has 458 valence electrons. The van der Waals surface area contributed by atoms with E-state index in [1.54, 1.807) is 0 Å². The normalized spacial score (nSPS) is 13.4. The van der Waals surface area contributed by atoms with Gasteiger partial charge in [0.15, 0.2) is 6.10 Å². The van der Waals surface area contributed by atoms with Crippen molar-refractivity contribution in [3.8, 4) is 0 Å². The first-order chi connectivity index (χ1) is 40.5. The zero-order chi connectivity index (χ0) is 59.2. The maximum atomic E-state index is 12.9. The quantitative estimate of drug-likeness (QED) is 0.0261. The van der Waals surface area contributed by atoms with Gasteiger partial charge in [-0.3, -0.25) is 14.4 Å². The summed E-state index contributed by atoms with van der Waals surface area (Å²) in [4.78, 5) is 38.3. The molecule has 82 heavy (non-hydrogen) atoms. The molecule has 0 heterocycles. The highest BCUT2D eigenvalue weighted by molar-refractivity contribution is 5.71. The Bertz CT molecular complexity index is 1920. The Balaban J connectivity index is 4.54. The van der Waals surface area contributed by atoms with E-state index < -0.39 is 6.10 Å². The fourth-order valence-electron chi connectivity index (χ4n) is 8.29. The highest BCUT2D eigenvalue weighted by Crippen LogP contribution is 2.13. The number of allylic oxidation sites excluding steroid dienone is 30. The van der Waals surface area contributed by atoms with E-state index in [1.165, 1.54) is 44.9 Å². The highest BCUT2D eigenvalue weighted by Gasteiger charge is 2.19. The number of hydrogen-bond donors (Lipinski definition) is 0. The van der Waals surface area contributed by atoms with E-state index in [0.29, 0.717) is 12.8 Å². The molecule has 6 heteroatoms. The standard InChI is InChI=1S/C76H118O6/c1-4-7-10-13-16-19-22-25-28-31-33-34-35-36-37-38-39-40-41-42-44-45-48-51-54-57-60-63-66-69-75(78)81-72-73(71-80-74(77)68-65-62-59-56-53-50-47-30-27-24-21-18-15-12-9-6-3)82-76(79)70-67-64-61-58-55-52-49-46-43-32-29-26-23-20-17-14-11-8-5-2/h7-8,10-11,16-17,19-21,24-26,28-30,33-34,36-37,39-40,42-44,46-48,51,57,60,73H,4-6,9,12-15,18,22-23,27,31-32,35,38,41,45,49-50,52-56,58-59,61-72H2,1-3H3/b10-7-,11-8-,19-16-,20-17-,24-21-,28-25-,29-26-,34-33-,37-36-,40-39-,44-42-,46-43-,47-30-,51-48-,60-57-. The minimum absolute atomic E-state index is 0.118. The van der Waals surface area contributed by atoms with Crippen LogP contribution in [0.3, 0.4) is 0 Å². The van der Waals surface area contributed by atoms with Gasteiger partial charge in [0, 0.05) is 19.3 Å². The summed E-state index contributed by atoms with van der Waals surface area (Å²) in [5.74, 6) is -1.01. The van der Waals surface area contributed by atoms with Gasteiger partial charge in [-0.15, -0.1) is 0 Å². The van der Waals surface area contributed by atoms with E-state index in [0.717, 1.165) is 167 Å². The van der Waals surface area contributed by atoms with Crippen molar-refractivity contribution in [2.75, 3.05) is 13.2 Å². The smallest absolute Gasteiger partial charge is 0.306 e. The molecule has 0 bridgehead atoms. The zero-order valence-corrected chi connectivity index (χ0v) is 52.4. The molecular formula is C76H118O6. The molecule has 0 aliphatic heterocycles. The molecule has 0 saturated carbocycles. The molecular weight excluding hydrogens is 1010 g/mol. The Hall–Kier alpha value is -5.49. The van der Waals surface area contributed by atoms with Crippen LogP contribution < -0.4 is 0 Å². The molecule has 0 radical (unpaired) electrons. The lowest BCUT2D eigenvalue weighted by Gasteiger charge is -2.18. The van der Waals surface area contributed by atoms with Crippen molar-refractivity contribution in [3.63, 3.8) is 0 Å². The predicted molar refractivity (Wildman–Crippen MR) is 357 cm³/mol. The second-order valence-corrected chi connectivity index (χ2v) is 20.9. The minimum atomic E-state index is -0.828. The Kier molecular flexibility index (Phi) is 63.5. The Labute approximate surface area is 504 Å². The van der Waals surface area contributed by atoms with E-state index in [-0.39, 0.29) is 44.0 Å². The van der Waals surface area contributed by atoms with Gasteiger partial charge in [-0.1, -0.05) is 267 Å². The number of ether oxygens (including phenoxy) is 3. The largest absolute Gasteiger partial charge is 0.462 e. The molecule has 0 amide bonds. The van der Waals surface area contributed by atoms with Crippen molar-refractivity contribution < 1.29 is 28.6 Å². The predicted octanol–water partition coefficient (Wildman–Crippen LogP) is 22.8. The number of carbonyl (C=O) groups excluding carboxylic acids is 3. The highest BCUT2D eigenvalue weighted by atomic mass is 16.6. The molecule has 0 aliphatic rings. The van der Waals surface area contributed by atoms with Crippen LogP contribution in [0.1, 0.15) is 258 Å². The molecule has 0 fully saturated rings. The van der Waals surface area contributed by atoms with Crippen LogP contribution in [0, 0.1) is 0 Å². The van der Waals surface area contributed by atoms with Gasteiger partial charge in [-0.2, -0.15) is 0 Å². The van der Waals surface area contributed by atoms with Crippen molar-refractivity contribution in [2.24, 2.45) is 0 Å². The summed E-state index contributed by atoms with van der Waals surface area (Å²) in [6.07, 6.45) is 102. The Morgan fingerprint density at radius 2 is 0.488 bits per heavy atom. The van der Waals surface area contributed by atoms with Crippen molar-refractivity contribution in [1.29, 1.82) is 0 Å². The van der Waals surface area contributed by atoms with Crippen LogP contribution in [-0.4, -0.2) is 37.2 Å². The van der Waals surface area contributed by atoms with E-state index >= 15 is 0 Å². The lowest BCUT2D eigenvalue weighted by atomic mass is 10.1. The third-order valence-corrected chi connectivity index (χ3v) is 13.1. The summed E-state index contributed by atoms with van der Waals surface area (Å²) in [7, 11) is 0. The van der Waals surface area contributed by atoms with Crippen LogP contribution in [-0.2, 0) is 28.6 Å². The maximum absolute atomic E-state index is 12.9. The molecule has 0 aromatic rings. The van der Waals surface area contributed by atoms with Crippen molar-refractivity contribution >= 4 is 17.9 Å². The van der Waals surface area contributed by atoms with Gasteiger partial charge in [0.1, 0.15) is 13.2 Å². The number of hydrogen-bond acceptors (Lipinski definition) is 6. The van der Waals surface area contributed by atoms with E-state index in [9.17, 15) is 14.4 Å². The first-order valence-corrected chi connectivity index (χ1v) is 32.8. The third-order valence-electron chi connectivity index (χ3n) is 13.1. The number of rotatable bonds is 57. The van der Waals surface area contributed by atoms with Gasteiger partial charge in [-0.05, 0) is 154 Å². The fourth-order valence-corrected chi connectivity index (χ4v) is 8.29. The van der Waals surface area contributed by atoms with Gasteiger partial charge >= 0.3 is 17.9 Å². The van der Waals surface area contributed by atoms with Gasteiger partial charge in [0.05, 0.1) is 0 Å². The average Bonchev–Trinajstić information content (AvgIpc) is 3.47. The maximum Gasteiger partial charge on any atom is 0.306 e. The molecule has 0 aromatic heterocycles. The SMILES string of the molecule is CC/C=C\C/C=C\C/C=C\C/C=C\C/C=C\C/C=C\C/C=C\C/C=C\C/C=C\CCCC(=O)OCC(COC(=O)CCCCCCC/C=C\C/C=C\CCCCCC)OC(=O)CCCCCCCC/C=C\C/C=C\C/C=C\C/C=C\CC. The Morgan fingerprint density at radius 3 is 0.793 bits per heavy atom. The summed E-state index contributed by atoms with van der Waals surface area (Å²) in [5, 5.41) is 0. The van der Waals surface area contributed by atoms with Crippen LogP contribution >= 0.6 is 0 Å². The molecule has 0 aromatic carbocycles. The van der Waals surface area contributed by atoms with Crippen LogP contribution in [0.25, 0.3) is 0 Å². The second-order valence-electron chi connectivity index (χ2n) is 20.9. The van der Waals surface area contributed by atoms with Crippen LogP contribution in [0.4, 0.5) is 0 Å². The summed E-state index contributed by atoms with van der Waals surface area (Å²) < 4.78 is 16.9.